The van der Waals surface area contributed by atoms with E-state index in [9.17, 15) is 14.4 Å². The van der Waals surface area contributed by atoms with Crippen molar-refractivity contribution in [2.75, 3.05) is 17.7 Å². The molecule has 0 saturated carbocycles. The topological polar surface area (TPSA) is 84.5 Å². The van der Waals surface area contributed by atoms with Crippen molar-refractivity contribution in [3.05, 3.63) is 95.6 Å². The van der Waals surface area contributed by atoms with Gasteiger partial charge in [0, 0.05) is 22.5 Å². The lowest BCUT2D eigenvalue weighted by molar-refractivity contribution is 0.0600. The Morgan fingerprint density at radius 2 is 1.18 bits per heavy atom. The molecule has 3 rings (SSSR count). The normalized spacial score (nSPS) is 10.0. The Hall–Kier alpha value is -3.93. The predicted molar refractivity (Wildman–Crippen MR) is 107 cm³/mol. The standard InChI is InChI=1S/C22H18N2O4/c1-28-22(27)15-10-12-19(13-11-15)24-21(26)17-7-5-6-16(14-17)20(25)23-18-8-3-2-4-9-18/h2-14H,1H3,(H,23,25)(H,24,26). The summed E-state index contributed by atoms with van der Waals surface area (Å²) in [4.78, 5) is 36.3. The molecule has 0 aromatic heterocycles. The highest BCUT2D eigenvalue weighted by atomic mass is 16.5. The molecule has 0 aliphatic rings. The summed E-state index contributed by atoms with van der Waals surface area (Å²) in [5.74, 6) is -1.11. The first-order chi connectivity index (χ1) is 13.6. The second-order valence-electron chi connectivity index (χ2n) is 5.92. The predicted octanol–water partition coefficient (Wildman–Crippen LogP) is 3.98. The van der Waals surface area contributed by atoms with E-state index < -0.39 is 5.97 Å². The minimum atomic E-state index is -0.449. The number of benzene rings is 3. The van der Waals surface area contributed by atoms with E-state index in [1.54, 1.807) is 54.6 Å². The number of esters is 1. The molecule has 6 heteroatoms. The van der Waals surface area contributed by atoms with E-state index in [0.29, 0.717) is 28.1 Å². The van der Waals surface area contributed by atoms with Gasteiger partial charge in [-0.05, 0) is 54.6 Å². The first-order valence-electron chi connectivity index (χ1n) is 8.53. The maximum absolute atomic E-state index is 12.5. The second kappa shape index (κ2) is 8.64. The number of carbonyl (C=O) groups excluding carboxylic acids is 3. The van der Waals surface area contributed by atoms with Gasteiger partial charge in [0.15, 0.2) is 0 Å². The van der Waals surface area contributed by atoms with Crippen LogP contribution in [0, 0.1) is 0 Å². The lowest BCUT2D eigenvalue weighted by Gasteiger charge is -2.08. The molecule has 3 aromatic rings. The number of rotatable bonds is 5. The van der Waals surface area contributed by atoms with Crippen LogP contribution < -0.4 is 10.6 Å². The fraction of sp³-hybridized carbons (Fsp3) is 0.0455. The van der Waals surface area contributed by atoms with E-state index in [0.717, 1.165) is 0 Å². The molecule has 6 nitrogen and oxygen atoms in total. The molecule has 140 valence electrons. The van der Waals surface area contributed by atoms with Crippen molar-refractivity contribution in [1.29, 1.82) is 0 Å². The van der Waals surface area contributed by atoms with Crippen LogP contribution in [0.2, 0.25) is 0 Å². The van der Waals surface area contributed by atoms with Gasteiger partial charge in [0.2, 0.25) is 0 Å². The molecule has 0 heterocycles. The zero-order valence-corrected chi connectivity index (χ0v) is 15.1. The van der Waals surface area contributed by atoms with Gasteiger partial charge < -0.3 is 15.4 Å². The lowest BCUT2D eigenvalue weighted by atomic mass is 10.1. The Balaban J connectivity index is 1.70. The quantitative estimate of drug-likeness (QED) is 0.662. The molecule has 0 fully saturated rings. The Bertz CT molecular complexity index is 999. The van der Waals surface area contributed by atoms with Crippen molar-refractivity contribution in [2.45, 2.75) is 0 Å². The van der Waals surface area contributed by atoms with Crippen LogP contribution in [0.15, 0.2) is 78.9 Å². The molecule has 28 heavy (non-hydrogen) atoms. The SMILES string of the molecule is COC(=O)c1ccc(NC(=O)c2cccc(C(=O)Nc3ccccc3)c2)cc1. The molecular formula is C22H18N2O4. The number of hydrogen-bond acceptors (Lipinski definition) is 4. The molecule has 0 aliphatic heterocycles. The summed E-state index contributed by atoms with van der Waals surface area (Å²) in [6.45, 7) is 0. The molecule has 0 aliphatic carbocycles. The third-order valence-corrected chi connectivity index (χ3v) is 3.98. The van der Waals surface area contributed by atoms with Crippen LogP contribution in [-0.4, -0.2) is 24.9 Å². The Kier molecular flexibility index (Phi) is 5.81. The first-order valence-corrected chi connectivity index (χ1v) is 8.53. The Labute approximate surface area is 162 Å². The van der Waals surface area contributed by atoms with E-state index in [1.807, 2.05) is 18.2 Å². The average Bonchev–Trinajstić information content (AvgIpc) is 2.74. The van der Waals surface area contributed by atoms with Crippen LogP contribution in [0.5, 0.6) is 0 Å². The molecule has 0 spiro atoms. The van der Waals surface area contributed by atoms with E-state index in [4.69, 9.17) is 0 Å². The van der Waals surface area contributed by atoms with Crippen molar-refractivity contribution in [3.8, 4) is 0 Å². The summed E-state index contributed by atoms with van der Waals surface area (Å²) in [5.41, 5.74) is 2.31. The zero-order valence-electron chi connectivity index (χ0n) is 15.1. The molecule has 0 bridgehead atoms. The Morgan fingerprint density at radius 3 is 1.71 bits per heavy atom. The fourth-order valence-electron chi connectivity index (χ4n) is 2.54. The van der Waals surface area contributed by atoms with Crippen LogP contribution in [0.4, 0.5) is 11.4 Å². The number of nitrogens with one attached hydrogen (secondary N) is 2. The third-order valence-electron chi connectivity index (χ3n) is 3.98. The molecule has 0 saturated heterocycles. The maximum atomic E-state index is 12.5. The summed E-state index contributed by atoms with van der Waals surface area (Å²) in [5, 5.41) is 5.52. The van der Waals surface area contributed by atoms with Crippen molar-refractivity contribution in [1.82, 2.24) is 0 Å². The van der Waals surface area contributed by atoms with E-state index in [-0.39, 0.29) is 11.8 Å². The largest absolute Gasteiger partial charge is 0.465 e. The maximum Gasteiger partial charge on any atom is 0.337 e. The second-order valence-corrected chi connectivity index (χ2v) is 5.92. The van der Waals surface area contributed by atoms with Gasteiger partial charge in [-0.1, -0.05) is 24.3 Å². The number of amides is 2. The minimum Gasteiger partial charge on any atom is -0.465 e. The average molecular weight is 374 g/mol. The van der Waals surface area contributed by atoms with Crippen LogP contribution >= 0.6 is 0 Å². The van der Waals surface area contributed by atoms with Crippen molar-refractivity contribution < 1.29 is 19.1 Å². The first kappa shape index (κ1) is 18.8. The highest BCUT2D eigenvalue weighted by Crippen LogP contribution is 2.14. The van der Waals surface area contributed by atoms with Gasteiger partial charge in [0.05, 0.1) is 12.7 Å². The summed E-state index contributed by atoms with van der Waals surface area (Å²) >= 11 is 0. The monoisotopic (exact) mass is 374 g/mol. The van der Waals surface area contributed by atoms with Crippen molar-refractivity contribution in [3.63, 3.8) is 0 Å². The Morgan fingerprint density at radius 1 is 0.643 bits per heavy atom. The van der Waals surface area contributed by atoms with Crippen LogP contribution in [-0.2, 0) is 4.74 Å². The number of anilines is 2. The van der Waals surface area contributed by atoms with Crippen LogP contribution in [0.1, 0.15) is 31.1 Å². The molecule has 0 atom stereocenters. The third kappa shape index (κ3) is 4.62. The molecule has 0 unspecified atom stereocenters. The summed E-state index contributed by atoms with van der Waals surface area (Å²) in [6, 6.07) is 21.8. The van der Waals surface area contributed by atoms with Crippen molar-refractivity contribution in [2.24, 2.45) is 0 Å². The van der Waals surface area contributed by atoms with Gasteiger partial charge in [-0.25, -0.2) is 4.79 Å². The summed E-state index contributed by atoms with van der Waals surface area (Å²) in [6.07, 6.45) is 0. The highest BCUT2D eigenvalue weighted by molar-refractivity contribution is 6.08. The van der Waals surface area contributed by atoms with Crippen LogP contribution in [0.3, 0.4) is 0 Å². The molecule has 0 radical (unpaired) electrons. The van der Waals surface area contributed by atoms with Crippen LogP contribution in [0.25, 0.3) is 0 Å². The number of carbonyl (C=O) groups is 3. The minimum absolute atomic E-state index is 0.303. The summed E-state index contributed by atoms with van der Waals surface area (Å²) in [7, 11) is 1.30. The van der Waals surface area contributed by atoms with E-state index in [1.165, 1.54) is 13.2 Å². The van der Waals surface area contributed by atoms with Gasteiger partial charge in [0.25, 0.3) is 11.8 Å². The number of para-hydroxylation sites is 1. The van der Waals surface area contributed by atoms with Crippen molar-refractivity contribution >= 4 is 29.2 Å². The zero-order chi connectivity index (χ0) is 19.9. The highest BCUT2D eigenvalue weighted by Gasteiger charge is 2.12. The van der Waals surface area contributed by atoms with Gasteiger partial charge in [-0.3, -0.25) is 9.59 Å². The van der Waals surface area contributed by atoms with E-state index in [2.05, 4.69) is 15.4 Å². The number of hydrogen-bond donors (Lipinski definition) is 2. The molecule has 3 aromatic carbocycles. The fourth-order valence-corrected chi connectivity index (χ4v) is 2.54. The van der Waals surface area contributed by atoms with Gasteiger partial charge >= 0.3 is 5.97 Å². The smallest absolute Gasteiger partial charge is 0.337 e. The molecule has 2 N–H and O–H groups in total. The molecule has 2 amide bonds. The summed E-state index contributed by atoms with van der Waals surface area (Å²) < 4.78 is 4.64. The van der Waals surface area contributed by atoms with E-state index >= 15 is 0 Å². The van der Waals surface area contributed by atoms with Gasteiger partial charge in [-0.2, -0.15) is 0 Å². The lowest BCUT2D eigenvalue weighted by Crippen LogP contribution is -2.15. The van der Waals surface area contributed by atoms with Gasteiger partial charge in [-0.15, -0.1) is 0 Å². The van der Waals surface area contributed by atoms with Gasteiger partial charge in [0.1, 0.15) is 0 Å². The molecular weight excluding hydrogens is 356 g/mol. The number of methoxy groups -OCH3 is 1. The number of ether oxygens (including phenoxy) is 1.